The maximum atomic E-state index is 12.2. The average molecular weight is 289 g/mol. The lowest BCUT2D eigenvalue weighted by atomic mass is 9.88. The molecule has 1 aromatic rings. The molecule has 1 fully saturated rings. The number of benzene rings is 1. The Morgan fingerprint density at radius 3 is 2.57 bits per heavy atom. The van der Waals surface area contributed by atoms with Gasteiger partial charge in [0.05, 0.1) is 6.54 Å². The predicted molar refractivity (Wildman–Crippen MR) is 81.4 cm³/mol. The summed E-state index contributed by atoms with van der Waals surface area (Å²) in [5.41, 5.74) is 1.05. The molecule has 1 atom stereocenters. The standard InChI is InChI=1S/C16H23N3O2/c1-12(14-9-17-10-14)16(21)19(2)11-15(20)18-8-13-6-4-3-5-7-13/h3-7,12,14,17H,8-11H2,1-2H3,(H,18,20). The van der Waals surface area contributed by atoms with E-state index in [1.165, 1.54) is 4.90 Å². The molecule has 2 amide bonds. The van der Waals surface area contributed by atoms with Crippen LogP contribution in [-0.4, -0.2) is 43.4 Å². The molecular formula is C16H23N3O2. The highest BCUT2D eigenvalue weighted by molar-refractivity contribution is 5.85. The number of carbonyl (C=O) groups excluding carboxylic acids is 2. The monoisotopic (exact) mass is 289 g/mol. The number of nitrogens with one attached hydrogen (secondary N) is 2. The van der Waals surface area contributed by atoms with Gasteiger partial charge in [0, 0.05) is 19.5 Å². The molecule has 1 heterocycles. The van der Waals surface area contributed by atoms with Crippen molar-refractivity contribution < 1.29 is 9.59 Å². The Balaban J connectivity index is 1.74. The van der Waals surface area contributed by atoms with Crippen LogP contribution in [-0.2, 0) is 16.1 Å². The van der Waals surface area contributed by atoms with E-state index >= 15 is 0 Å². The second-order valence-electron chi connectivity index (χ2n) is 5.66. The van der Waals surface area contributed by atoms with Crippen molar-refractivity contribution in [2.75, 3.05) is 26.7 Å². The van der Waals surface area contributed by atoms with Gasteiger partial charge in [0.2, 0.25) is 11.8 Å². The van der Waals surface area contributed by atoms with Gasteiger partial charge in [-0.15, -0.1) is 0 Å². The lowest BCUT2D eigenvalue weighted by Crippen LogP contribution is -2.50. The summed E-state index contributed by atoms with van der Waals surface area (Å²) in [6.45, 7) is 4.31. The van der Waals surface area contributed by atoms with E-state index < -0.39 is 0 Å². The van der Waals surface area contributed by atoms with Gasteiger partial charge in [-0.1, -0.05) is 37.3 Å². The molecule has 2 N–H and O–H groups in total. The van der Waals surface area contributed by atoms with E-state index in [0.717, 1.165) is 18.7 Å². The van der Waals surface area contributed by atoms with Gasteiger partial charge in [0.25, 0.3) is 0 Å². The molecule has 0 saturated carbocycles. The molecule has 21 heavy (non-hydrogen) atoms. The van der Waals surface area contributed by atoms with Gasteiger partial charge < -0.3 is 15.5 Å². The Labute approximate surface area is 125 Å². The van der Waals surface area contributed by atoms with Gasteiger partial charge in [0.1, 0.15) is 0 Å². The van der Waals surface area contributed by atoms with E-state index in [1.54, 1.807) is 7.05 Å². The molecule has 1 aliphatic heterocycles. The topological polar surface area (TPSA) is 61.4 Å². The number of amides is 2. The molecule has 5 heteroatoms. The quantitative estimate of drug-likeness (QED) is 0.807. The number of hydrogen-bond acceptors (Lipinski definition) is 3. The van der Waals surface area contributed by atoms with Crippen LogP contribution in [0.25, 0.3) is 0 Å². The molecule has 0 radical (unpaired) electrons. The van der Waals surface area contributed by atoms with E-state index in [9.17, 15) is 9.59 Å². The minimum atomic E-state index is -0.131. The van der Waals surface area contributed by atoms with Crippen LogP contribution < -0.4 is 10.6 Å². The molecule has 114 valence electrons. The SMILES string of the molecule is CC(C(=O)N(C)CC(=O)NCc1ccccc1)C1CNC1. The minimum Gasteiger partial charge on any atom is -0.350 e. The lowest BCUT2D eigenvalue weighted by Gasteiger charge is -2.33. The molecule has 1 saturated heterocycles. The Hall–Kier alpha value is -1.88. The Kier molecular flexibility index (Phi) is 5.33. The Morgan fingerprint density at radius 1 is 1.33 bits per heavy atom. The smallest absolute Gasteiger partial charge is 0.239 e. The van der Waals surface area contributed by atoms with Crippen molar-refractivity contribution in [1.29, 1.82) is 0 Å². The first-order valence-electron chi connectivity index (χ1n) is 7.34. The molecule has 1 aromatic carbocycles. The average Bonchev–Trinajstić information content (AvgIpc) is 2.43. The minimum absolute atomic E-state index is 0.0295. The normalized spacial score (nSPS) is 15.9. The zero-order valence-electron chi connectivity index (χ0n) is 12.6. The number of likely N-dealkylation sites (N-methyl/N-ethyl adjacent to an activating group) is 1. The molecule has 2 rings (SSSR count). The highest BCUT2D eigenvalue weighted by Crippen LogP contribution is 2.17. The summed E-state index contributed by atoms with van der Waals surface area (Å²) in [5, 5.41) is 6.00. The van der Waals surface area contributed by atoms with Crippen LogP contribution in [0.4, 0.5) is 0 Å². The highest BCUT2D eigenvalue weighted by atomic mass is 16.2. The molecule has 0 bridgehead atoms. The second-order valence-corrected chi connectivity index (χ2v) is 5.66. The van der Waals surface area contributed by atoms with Crippen molar-refractivity contribution in [3.05, 3.63) is 35.9 Å². The third-order valence-electron chi connectivity index (χ3n) is 4.00. The van der Waals surface area contributed by atoms with Gasteiger partial charge in [-0.05, 0) is 24.6 Å². The van der Waals surface area contributed by atoms with E-state index in [2.05, 4.69) is 10.6 Å². The van der Waals surface area contributed by atoms with Crippen LogP contribution in [0.15, 0.2) is 30.3 Å². The fraction of sp³-hybridized carbons (Fsp3) is 0.500. The number of hydrogen-bond donors (Lipinski definition) is 2. The molecular weight excluding hydrogens is 266 g/mol. The lowest BCUT2D eigenvalue weighted by molar-refractivity contribution is -0.139. The maximum Gasteiger partial charge on any atom is 0.239 e. The van der Waals surface area contributed by atoms with E-state index in [4.69, 9.17) is 0 Å². The van der Waals surface area contributed by atoms with E-state index in [1.807, 2.05) is 37.3 Å². The summed E-state index contributed by atoms with van der Waals surface area (Å²) < 4.78 is 0. The third kappa shape index (κ3) is 4.29. The van der Waals surface area contributed by atoms with Crippen molar-refractivity contribution in [2.24, 2.45) is 11.8 Å². The van der Waals surface area contributed by atoms with Gasteiger partial charge in [-0.2, -0.15) is 0 Å². The van der Waals surface area contributed by atoms with Crippen molar-refractivity contribution in [1.82, 2.24) is 15.5 Å². The molecule has 0 spiro atoms. The molecule has 5 nitrogen and oxygen atoms in total. The maximum absolute atomic E-state index is 12.2. The fourth-order valence-electron chi connectivity index (χ4n) is 2.36. The highest BCUT2D eigenvalue weighted by Gasteiger charge is 2.30. The Bertz CT molecular complexity index is 486. The number of rotatable bonds is 6. The molecule has 0 aliphatic carbocycles. The van der Waals surface area contributed by atoms with Crippen molar-refractivity contribution in [3.63, 3.8) is 0 Å². The molecule has 0 aromatic heterocycles. The predicted octanol–water partition coefficient (Wildman–Crippen LogP) is 0.617. The molecule has 1 aliphatic rings. The number of carbonyl (C=O) groups is 2. The van der Waals surface area contributed by atoms with E-state index in [0.29, 0.717) is 12.5 Å². The summed E-state index contributed by atoms with van der Waals surface area (Å²) >= 11 is 0. The Morgan fingerprint density at radius 2 is 2.00 bits per heavy atom. The summed E-state index contributed by atoms with van der Waals surface area (Å²) in [6, 6.07) is 9.73. The summed E-state index contributed by atoms with van der Waals surface area (Å²) in [4.78, 5) is 25.6. The van der Waals surface area contributed by atoms with Crippen LogP contribution in [0.2, 0.25) is 0 Å². The first-order valence-corrected chi connectivity index (χ1v) is 7.34. The van der Waals surface area contributed by atoms with Crippen molar-refractivity contribution in [2.45, 2.75) is 13.5 Å². The second kappa shape index (κ2) is 7.22. The summed E-state index contributed by atoms with van der Waals surface area (Å²) in [7, 11) is 1.69. The first kappa shape index (κ1) is 15.5. The first-order chi connectivity index (χ1) is 10.1. The summed E-state index contributed by atoms with van der Waals surface area (Å²) in [5.74, 6) is 0.274. The zero-order chi connectivity index (χ0) is 15.2. The van der Waals surface area contributed by atoms with Crippen LogP contribution in [0.5, 0.6) is 0 Å². The van der Waals surface area contributed by atoms with Gasteiger partial charge in [0.15, 0.2) is 0 Å². The van der Waals surface area contributed by atoms with Crippen LogP contribution in [0.1, 0.15) is 12.5 Å². The van der Waals surface area contributed by atoms with Gasteiger partial charge in [-0.25, -0.2) is 0 Å². The van der Waals surface area contributed by atoms with Gasteiger partial charge >= 0.3 is 0 Å². The zero-order valence-corrected chi connectivity index (χ0v) is 12.6. The van der Waals surface area contributed by atoms with Crippen molar-refractivity contribution in [3.8, 4) is 0 Å². The van der Waals surface area contributed by atoms with Crippen LogP contribution in [0, 0.1) is 11.8 Å². The van der Waals surface area contributed by atoms with Crippen LogP contribution in [0.3, 0.4) is 0 Å². The van der Waals surface area contributed by atoms with Gasteiger partial charge in [-0.3, -0.25) is 9.59 Å². The van der Waals surface area contributed by atoms with Crippen molar-refractivity contribution >= 4 is 11.8 Å². The van der Waals surface area contributed by atoms with E-state index in [-0.39, 0.29) is 24.3 Å². The summed E-state index contributed by atoms with van der Waals surface area (Å²) in [6.07, 6.45) is 0. The third-order valence-corrected chi connectivity index (χ3v) is 4.00. The molecule has 1 unspecified atom stereocenters. The van der Waals surface area contributed by atoms with Crippen LogP contribution >= 0.6 is 0 Å². The number of nitrogens with zero attached hydrogens (tertiary/aromatic N) is 1. The largest absolute Gasteiger partial charge is 0.350 e. The fourth-order valence-corrected chi connectivity index (χ4v) is 2.36.